The van der Waals surface area contributed by atoms with Gasteiger partial charge in [0.25, 0.3) is 0 Å². The normalized spacial score (nSPS) is 18.6. The Morgan fingerprint density at radius 3 is 2.35 bits per heavy atom. The van der Waals surface area contributed by atoms with Gasteiger partial charge in [-0.2, -0.15) is 0 Å². The monoisotopic (exact) mass is 278 g/mol. The van der Waals surface area contributed by atoms with E-state index in [2.05, 4.69) is 0 Å². The predicted molar refractivity (Wildman–Crippen MR) is 75.2 cm³/mol. The van der Waals surface area contributed by atoms with Crippen molar-refractivity contribution in [2.24, 2.45) is 5.92 Å². The van der Waals surface area contributed by atoms with Crippen molar-refractivity contribution < 1.29 is 19.0 Å². The summed E-state index contributed by atoms with van der Waals surface area (Å²) in [6.07, 6.45) is 1.25. The highest BCUT2D eigenvalue weighted by atomic mass is 16.7. The molecule has 2 rings (SSSR count). The van der Waals surface area contributed by atoms with E-state index in [1.807, 2.05) is 38.1 Å². The van der Waals surface area contributed by atoms with E-state index < -0.39 is 0 Å². The Morgan fingerprint density at radius 1 is 1.20 bits per heavy atom. The number of hydrogen-bond acceptors (Lipinski definition) is 4. The molecule has 0 aromatic heterocycles. The number of benzene rings is 1. The van der Waals surface area contributed by atoms with Crippen LogP contribution in [0, 0.1) is 5.92 Å². The quantitative estimate of drug-likeness (QED) is 0.568. The van der Waals surface area contributed by atoms with Crippen molar-refractivity contribution >= 4 is 5.97 Å². The van der Waals surface area contributed by atoms with Crippen LogP contribution in [0.3, 0.4) is 0 Å². The van der Waals surface area contributed by atoms with Crippen LogP contribution in [0.4, 0.5) is 0 Å². The molecule has 1 saturated heterocycles. The Labute approximate surface area is 120 Å². The number of carbonyl (C=O) groups excluding carboxylic acids is 1. The van der Waals surface area contributed by atoms with Crippen LogP contribution >= 0.6 is 0 Å². The predicted octanol–water partition coefficient (Wildman–Crippen LogP) is 2.86. The van der Waals surface area contributed by atoms with E-state index in [-0.39, 0.29) is 18.2 Å². The summed E-state index contributed by atoms with van der Waals surface area (Å²) in [5.41, 5.74) is 2.15. The minimum atomic E-state index is -0.310. The Balaban J connectivity index is 1.99. The van der Waals surface area contributed by atoms with Gasteiger partial charge in [-0.3, -0.25) is 4.79 Å². The molecule has 4 nitrogen and oxygen atoms in total. The molecule has 1 aromatic rings. The zero-order valence-corrected chi connectivity index (χ0v) is 12.1. The molecule has 0 N–H and O–H groups in total. The first-order valence-corrected chi connectivity index (χ1v) is 7.23. The largest absolute Gasteiger partial charge is 0.465 e. The number of cyclic esters (lactones) is 1. The van der Waals surface area contributed by atoms with Crippen molar-refractivity contribution in [2.45, 2.75) is 33.0 Å². The molecular weight excluding hydrogens is 256 g/mol. The fraction of sp³-hybridized carbons (Fsp3) is 0.562. The van der Waals surface area contributed by atoms with Crippen molar-refractivity contribution in [1.82, 2.24) is 0 Å². The van der Waals surface area contributed by atoms with Gasteiger partial charge in [0, 0.05) is 18.8 Å². The second-order valence-electron chi connectivity index (χ2n) is 4.84. The summed E-state index contributed by atoms with van der Waals surface area (Å²) in [7, 11) is 0. The topological polar surface area (TPSA) is 44.8 Å². The van der Waals surface area contributed by atoms with Crippen LogP contribution < -0.4 is 0 Å². The third-order valence-corrected chi connectivity index (χ3v) is 3.41. The molecule has 0 radical (unpaired) electrons. The number of esters is 1. The number of hydrogen-bond donors (Lipinski definition) is 0. The molecule has 0 spiro atoms. The Bertz CT molecular complexity index is 421. The third kappa shape index (κ3) is 3.81. The molecule has 0 bridgehead atoms. The Hall–Kier alpha value is -1.39. The fourth-order valence-corrected chi connectivity index (χ4v) is 2.36. The van der Waals surface area contributed by atoms with Crippen molar-refractivity contribution in [3.05, 3.63) is 35.4 Å². The summed E-state index contributed by atoms with van der Waals surface area (Å²) in [4.78, 5) is 11.5. The highest BCUT2D eigenvalue weighted by Gasteiger charge is 2.26. The van der Waals surface area contributed by atoms with E-state index in [0.29, 0.717) is 19.8 Å². The van der Waals surface area contributed by atoms with Crippen LogP contribution in [0.1, 0.15) is 37.7 Å². The van der Waals surface area contributed by atoms with Gasteiger partial charge in [0.2, 0.25) is 0 Å². The lowest BCUT2D eigenvalue weighted by Crippen LogP contribution is -2.11. The molecule has 1 atom stereocenters. The maximum absolute atomic E-state index is 11.5. The molecule has 1 aliphatic heterocycles. The van der Waals surface area contributed by atoms with E-state index in [1.165, 1.54) is 0 Å². The fourth-order valence-electron chi connectivity index (χ4n) is 2.36. The highest BCUT2D eigenvalue weighted by Crippen LogP contribution is 2.23. The minimum Gasteiger partial charge on any atom is -0.465 e. The van der Waals surface area contributed by atoms with E-state index in [4.69, 9.17) is 14.2 Å². The average molecular weight is 278 g/mol. The molecule has 0 saturated carbocycles. The van der Waals surface area contributed by atoms with Gasteiger partial charge < -0.3 is 14.2 Å². The Morgan fingerprint density at radius 2 is 1.85 bits per heavy atom. The summed E-state index contributed by atoms with van der Waals surface area (Å²) in [6.45, 7) is 5.68. The van der Waals surface area contributed by atoms with Gasteiger partial charge in [0.15, 0.2) is 6.29 Å². The molecule has 4 heteroatoms. The number of ether oxygens (including phenoxy) is 3. The first-order valence-electron chi connectivity index (χ1n) is 7.23. The third-order valence-electron chi connectivity index (χ3n) is 3.41. The van der Waals surface area contributed by atoms with Crippen LogP contribution in [0.2, 0.25) is 0 Å². The zero-order chi connectivity index (χ0) is 14.4. The summed E-state index contributed by atoms with van der Waals surface area (Å²) >= 11 is 0. The van der Waals surface area contributed by atoms with E-state index in [0.717, 1.165) is 24.0 Å². The van der Waals surface area contributed by atoms with Crippen LogP contribution in [0.5, 0.6) is 0 Å². The maximum atomic E-state index is 11.5. The van der Waals surface area contributed by atoms with Crippen LogP contribution in [0.15, 0.2) is 24.3 Å². The van der Waals surface area contributed by atoms with Gasteiger partial charge in [-0.05, 0) is 32.3 Å². The molecule has 1 aromatic carbocycles. The van der Waals surface area contributed by atoms with Crippen LogP contribution in [-0.2, 0) is 25.4 Å². The van der Waals surface area contributed by atoms with E-state index in [1.54, 1.807) is 0 Å². The maximum Gasteiger partial charge on any atom is 0.309 e. The summed E-state index contributed by atoms with van der Waals surface area (Å²) in [5, 5.41) is 0. The van der Waals surface area contributed by atoms with Gasteiger partial charge >= 0.3 is 5.97 Å². The van der Waals surface area contributed by atoms with E-state index in [9.17, 15) is 4.79 Å². The van der Waals surface area contributed by atoms with Crippen LogP contribution in [0.25, 0.3) is 0 Å². The second kappa shape index (κ2) is 7.41. The Kier molecular flexibility index (Phi) is 5.56. The summed E-state index contributed by atoms with van der Waals surface area (Å²) in [5.74, 6) is -0.0639. The lowest BCUT2D eigenvalue weighted by atomic mass is 9.97. The van der Waals surface area contributed by atoms with Gasteiger partial charge in [0.05, 0.1) is 12.5 Å². The smallest absolute Gasteiger partial charge is 0.309 e. The van der Waals surface area contributed by atoms with Crippen molar-refractivity contribution in [2.75, 3.05) is 19.8 Å². The molecule has 0 aliphatic carbocycles. The lowest BCUT2D eigenvalue weighted by molar-refractivity contribution is -0.141. The van der Waals surface area contributed by atoms with Gasteiger partial charge in [-0.25, -0.2) is 0 Å². The molecule has 1 heterocycles. The van der Waals surface area contributed by atoms with Crippen molar-refractivity contribution in [1.29, 1.82) is 0 Å². The molecule has 1 aliphatic rings. The van der Waals surface area contributed by atoms with Crippen molar-refractivity contribution in [3.63, 3.8) is 0 Å². The van der Waals surface area contributed by atoms with Gasteiger partial charge in [0.1, 0.15) is 0 Å². The molecule has 1 fully saturated rings. The SMILES string of the molecule is CCOC(OCC)c1ccc(CC2CCOC2=O)cc1. The minimum absolute atomic E-state index is 0.00966. The number of carbonyl (C=O) groups is 1. The molecule has 1 unspecified atom stereocenters. The number of rotatable bonds is 7. The second-order valence-corrected chi connectivity index (χ2v) is 4.84. The van der Waals surface area contributed by atoms with E-state index >= 15 is 0 Å². The summed E-state index contributed by atoms with van der Waals surface area (Å²) < 4.78 is 16.1. The van der Waals surface area contributed by atoms with Crippen LogP contribution in [-0.4, -0.2) is 25.8 Å². The van der Waals surface area contributed by atoms with Gasteiger partial charge in [-0.1, -0.05) is 24.3 Å². The first kappa shape index (κ1) is 15.0. The molecule has 20 heavy (non-hydrogen) atoms. The summed E-state index contributed by atoms with van der Waals surface area (Å²) in [6, 6.07) is 8.08. The highest BCUT2D eigenvalue weighted by molar-refractivity contribution is 5.74. The standard InChI is InChI=1S/C16H22O4/c1-3-18-16(19-4-2)13-7-5-12(6-8-13)11-14-9-10-20-15(14)17/h5-8,14,16H,3-4,9-11H2,1-2H3. The van der Waals surface area contributed by atoms with Gasteiger partial charge in [-0.15, -0.1) is 0 Å². The molecule has 0 amide bonds. The average Bonchev–Trinajstić information content (AvgIpc) is 2.85. The first-order chi connectivity index (χ1) is 9.74. The lowest BCUT2D eigenvalue weighted by Gasteiger charge is -2.17. The zero-order valence-electron chi connectivity index (χ0n) is 12.1. The van der Waals surface area contributed by atoms with Crippen molar-refractivity contribution in [3.8, 4) is 0 Å². The molecular formula is C16H22O4. The molecule has 110 valence electrons.